The van der Waals surface area contributed by atoms with Gasteiger partial charge in [0.15, 0.2) is 0 Å². The molecule has 1 unspecified atom stereocenters. The number of sulfonamides is 2. The average molecular weight is 478 g/mol. The van der Waals surface area contributed by atoms with Crippen LogP contribution in [0.15, 0.2) is 70.1 Å². The Morgan fingerprint density at radius 1 is 0.875 bits per heavy atom. The molecule has 2 aromatic carbocycles. The van der Waals surface area contributed by atoms with Crippen molar-refractivity contribution in [3.05, 3.63) is 71.4 Å². The van der Waals surface area contributed by atoms with Crippen LogP contribution in [0.4, 0.5) is 0 Å². The molecule has 8 heteroatoms. The van der Waals surface area contributed by atoms with Gasteiger partial charge in [-0.05, 0) is 69.9 Å². The number of nitrogens with zero attached hydrogens (tertiary/aromatic N) is 1. The van der Waals surface area contributed by atoms with Crippen molar-refractivity contribution in [2.24, 2.45) is 5.92 Å². The van der Waals surface area contributed by atoms with Gasteiger partial charge in [-0.1, -0.05) is 49.2 Å². The fraction of sp³-hybridized carbons (Fsp3) is 0.417. The van der Waals surface area contributed by atoms with Gasteiger partial charge in [0.2, 0.25) is 0 Å². The normalized spacial score (nSPS) is 19.2. The molecule has 3 rings (SSSR count). The number of ether oxygens (including phenoxy) is 1. The zero-order valence-corrected chi connectivity index (χ0v) is 20.8. The van der Waals surface area contributed by atoms with Crippen molar-refractivity contribution < 1.29 is 21.6 Å². The fourth-order valence-electron chi connectivity index (χ4n) is 3.55. The van der Waals surface area contributed by atoms with E-state index in [0.717, 1.165) is 17.5 Å². The Bertz CT molecular complexity index is 1120. The van der Waals surface area contributed by atoms with Crippen LogP contribution in [0.3, 0.4) is 0 Å². The molecule has 0 radical (unpaired) electrons. The summed E-state index contributed by atoms with van der Waals surface area (Å²) in [6, 6.07) is 12.3. The molecule has 0 bridgehead atoms. The molecule has 1 heterocycles. The molecule has 1 atom stereocenters. The smallest absolute Gasteiger partial charge is 0.277 e. The molecule has 0 spiro atoms. The molecular formula is C24H31NO5S2. The summed E-state index contributed by atoms with van der Waals surface area (Å²) in [7, 11) is -8.80. The molecule has 0 amide bonds. The highest BCUT2D eigenvalue weighted by molar-refractivity contribution is 8.04. The minimum Gasteiger partial charge on any atom is -0.365 e. The molecule has 174 valence electrons. The zero-order chi connectivity index (χ0) is 23.7. The van der Waals surface area contributed by atoms with E-state index in [1.54, 1.807) is 30.3 Å². The SMILES string of the molecule is Cc1ccc(S(=O)(=O)N(C2=CC(C)(CCC(C)C)OC2)S(=O)(=O)c2ccc(C)cc2)cc1. The molecule has 0 aliphatic carbocycles. The lowest BCUT2D eigenvalue weighted by Gasteiger charge is -2.24. The predicted octanol–water partition coefficient (Wildman–Crippen LogP) is 4.79. The van der Waals surface area contributed by atoms with Crippen molar-refractivity contribution in [1.82, 2.24) is 3.71 Å². The van der Waals surface area contributed by atoms with Gasteiger partial charge in [0, 0.05) is 0 Å². The van der Waals surface area contributed by atoms with Crippen LogP contribution < -0.4 is 0 Å². The third-order valence-electron chi connectivity index (χ3n) is 5.55. The van der Waals surface area contributed by atoms with E-state index >= 15 is 0 Å². The van der Waals surface area contributed by atoms with E-state index < -0.39 is 25.6 Å². The summed E-state index contributed by atoms with van der Waals surface area (Å²) in [4.78, 5) is -0.175. The first-order chi connectivity index (χ1) is 14.8. The molecule has 1 aliphatic rings. The number of benzene rings is 2. The number of aryl methyl sites for hydroxylation is 2. The van der Waals surface area contributed by atoms with Gasteiger partial charge in [0.25, 0.3) is 20.0 Å². The summed E-state index contributed by atoms with van der Waals surface area (Å²) in [5.74, 6) is 0.441. The second-order valence-corrected chi connectivity index (χ2v) is 12.8. The van der Waals surface area contributed by atoms with Crippen LogP contribution in [0.5, 0.6) is 0 Å². The molecule has 0 saturated carbocycles. The first-order valence-electron chi connectivity index (χ1n) is 10.6. The monoisotopic (exact) mass is 477 g/mol. The quantitative estimate of drug-likeness (QED) is 0.546. The van der Waals surface area contributed by atoms with Gasteiger partial charge in [0.05, 0.1) is 27.7 Å². The maximum absolute atomic E-state index is 13.6. The molecule has 32 heavy (non-hydrogen) atoms. The summed E-state index contributed by atoms with van der Waals surface area (Å²) in [5, 5.41) is 0. The van der Waals surface area contributed by atoms with Crippen LogP contribution >= 0.6 is 0 Å². The van der Waals surface area contributed by atoms with Crippen LogP contribution in [0, 0.1) is 19.8 Å². The van der Waals surface area contributed by atoms with E-state index in [1.165, 1.54) is 24.3 Å². The van der Waals surface area contributed by atoms with E-state index in [1.807, 2.05) is 20.8 Å². The van der Waals surface area contributed by atoms with Gasteiger partial charge in [-0.3, -0.25) is 0 Å². The summed E-state index contributed by atoms with van der Waals surface area (Å²) in [6.07, 6.45) is 3.18. The van der Waals surface area contributed by atoms with Gasteiger partial charge in [-0.15, -0.1) is 0 Å². The minimum absolute atomic E-state index is 0.0875. The summed E-state index contributed by atoms with van der Waals surface area (Å²) in [5.41, 5.74) is 1.13. The third kappa shape index (κ3) is 5.08. The highest BCUT2D eigenvalue weighted by Gasteiger charge is 2.42. The third-order valence-corrected chi connectivity index (χ3v) is 9.80. The maximum Gasteiger partial charge on any atom is 0.277 e. The van der Waals surface area contributed by atoms with Crippen LogP contribution in [0.2, 0.25) is 0 Å². The Morgan fingerprint density at radius 2 is 1.31 bits per heavy atom. The maximum atomic E-state index is 13.6. The standard InChI is InChI=1S/C24H31NO5S2/c1-18(2)14-15-24(5)16-21(17-30-24)25(31(26,27)22-10-6-19(3)7-11-22)32(28,29)23-12-8-20(4)9-13-23/h6-13,16,18H,14-15,17H2,1-5H3. The Hall–Kier alpha value is -2.16. The number of hydrogen-bond donors (Lipinski definition) is 0. The topological polar surface area (TPSA) is 80.8 Å². The molecule has 0 fully saturated rings. The number of hydrogen-bond acceptors (Lipinski definition) is 5. The largest absolute Gasteiger partial charge is 0.365 e. The van der Waals surface area contributed by atoms with Gasteiger partial charge in [-0.25, -0.2) is 16.8 Å². The van der Waals surface area contributed by atoms with Crippen molar-refractivity contribution in [3.63, 3.8) is 0 Å². The Kier molecular flexibility index (Phi) is 6.88. The molecule has 6 nitrogen and oxygen atoms in total. The highest BCUT2D eigenvalue weighted by atomic mass is 32.3. The molecule has 0 aromatic heterocycles. The Morgan fingerprint density at radius 3 is 1.72 bits per heavy atom. The zero-order valence-electron chi connectivity index (χ0n) is 19.2. The van der Waals surface area contributed by atoms with Crippen molar-refractivity contribution in [1.29, 1.82) is 0 Å². The van der Waals surface area contributed by atoms with E-state index in [-0.39, 0.29) is 22.1 Å². The van der Waals surface area contributed by atoms with Gasteiger partial charge in [0.1, 0.15) is 0 Å². The summed E-state index contributed by atoms with van der Waals surface area (Å²) < 4.78 is 61.1. The van der Waals surface area contributed by atoms with E-state index in [2.05, 4.69) is 13.8 Å². The van der Waals surface area contributed by atoms with Crippen LogP contribution in [-0.4, -0.2) is 32.8 Å². The van der Waals surface area contributed by atoms with Crippen LogP contribution in [0.1, 0.15) is 44.7 Å². The Balaban J connectivity index is 2.14. The lowest BCUT2D eigenvalue weighted by Crippen LogP contribution is -2.36. The number of rotatable bonds is 8. The minimum atomic E-state index is -4.40. The lowest BCUT2D eigenvalue weighted by molar-refractivity contribution is 0.0276. The summed E-state index contributed by atoms with van der Waals surface area (Å²) in [6.45, 7) is 9.62. The summed E-state index contributed by atoms with van der Waals surface area (Å²) >= 11 is 0. The first kappa shape index (κ1) is 24.5. The van der Waals surface area contributed by atoms with Crippen molar-refractivity contribution >= 4 is 20.0 Å². The molecular weight excluding hydrogens is 446 g/mol. The first-order valence-corrected chi connectivity index (χ1v) is 13.5. The second-order valence-electron chi connectivity index (χ2n) is 9.00. The molecule has 0 saturated heterocycles. The van der Waals surface area contributed by atoms with E-state index in [4.69, 9.17) is 4.74 Å². The second kappa shape index (κ2) is 9.00. The van der Waals surface area contributed by atoms with Crippen molar-refractivity contribution in [2.75, 3.05) is 6.61 Å². The van der Waals surface area contributed by atoms with Gasteiger partial charge in [-0.2, -0.15) is 3.71 Å². The van der Waals surface area contributed by atoms with E-state index in [0.29, 0.717) is 16.0 Å². The van der Waals surface area contributed by atoms with Crippen molar-refractivity contribution in [2.45, 2.75) is 62.9 Å². The average Bonchev–Trinajstić information content (AvgIpc) is 3.08. The van der Waals surface area contributed by atoms with Gasteiger partial charge >= 0.3 is 0 Å². The predicted molar refractivity (Wildman–Crippen MR) is 125 cm³/mol. The molecule has 2 aromatic rings. The fourth-order valence-corrected chi connectivity index (χ4v) is 7.27. The molecule has 0 N–H and O–H groups in total. The van der Waals surface area contributed by atoms with Gasteiger partial charge < -0.3 is 4.74 Å². The lowest BCUT2D eigenvalue weighted by atomic mass is 9.95. The highest BCUT2D eigenvalue weighted by Crippen LogP contribution is 2.36. The van der Waals surface area contributed by atoms with Crippen LogP contribution in [0.25, 0.3) is 0 Å². The molecule has 1 aliphatic heterocycles. The van der Waals surface area contributed by atoms with E-state index in [9.17, 15) is 16.8 Å². The Labute approximate surface area is 192 Å². The van der Waals surface area contributed by atoms with Crippen molar-refractivity contribution in [3.8, 4) is 0 Å². The van der Waals surface area contributed by atoms with Crippen LogP contribution in [-0.2, 0) is 24.8 Å².